The Bertz CT molecular complexity index is 176. The van der Waals surface area contributed by atoms with Crippen molar-refractivity contribution in [2.75, 3.05) is 11.9 Å². The van der Waals surface area contributed by atoms with Crippen molar-refractivity contribution < 1.29 is 9.47 Å². The fourth-order valence-corrected chi connectivity index (χ4v) is 2.71. The normalized spacial score (nSPS) is 24.4. The highest BCUT2D eigenvalue weighted by Gasteiger charge is 2.24. The third-order valence-electron chi connectivity index (χ3n) is 3.29. The van der Waals surface area contributed by atoms with Gasteiger partial charge in [0.15, 0.2) is 6.29 Å². The second-order valence-electron chi connectivity index (χ2n) is 4.91. The van der Waals surface area contributed by atoms with E-state index in [1.165, 1.54) is 44.9 Å². The van der Waals surface area contributed by atoms with Gasteiger partial charge in [-0.2, -0.15) is 0 Å². The van der Waals surface area contributed by atoms with Gasteiger partial charge < -0.3 is 9.47 Å². The van der Waals surface area contributed by atoms with Gasteiger partial charge in [0.25, 0.3) is 0 Å². The monoisotopic (exact) mass is 306 g/mol. The Morgan fingerprint density at radius 3 is 2.41 bits per heavy atom. The Balaban J connectivity index is 1.87. The van der Waals surface area contributed by atoms with Gasteiger partial charge in [0.2, 0.25) is 0 Å². The SMILES string of the molecule is CCCCCCCCCC1OCC(CCBr)O1. The van der Waals surface area contributed by atoms with Gasteiger partial charge in [0.1, 0.15) is 0 Å². The molecule has 1 heterocycles. The second-order valence-corrected chi connectivity index (χ2v) is 5.70. The summed E-state index contributed by atoms with van der Waals surface area (Å²) in [4.78, 5) is 0. The van der Waals surface area contributed by atoms with Gasteiger partial charge in [-0.05, 0) is 19.3 Å². The largest absolute Gasteiger partial charge is 0.350 e. The first kappa shape index (κ1) is 15.5. The van der Waals surface area contributed by atoms with E-state index in [4.69, 9.17) is 9.47 Å². The van der Waals surface area contributed by atoms with E-state index in [9.17, 15) is 0 Å². The van der Waals surface area contributed by atoms with Crippen molar-refractivity contribution in [2.24, 2.45) is 0 Å². The molecule has 1 fully saturated rings. The average molecular weight is 307 g/mol. The summed E-state index contributed by atoms with van der Waals surface area (Å²) in [5.74, 6) is 0. The quantitative estimate of drug-likeness (QED) is 0.432. The first-order valence-electron chi connectivity index (χ1n) is 7.19. The summed E-state index contributed by atoms with van der Waals surface area (Å²) in [5.41, 5.74) is 0. The zero-order valence-corrected chi connectivity index (χ0v) is 12.7. The summed E-state index contributed by atoms with van der Waals surface area (Å²) in [7, 11) is 0. The standard InChI is InChI=1S/C14H27BrO2/c1-2-3-4-5-6-7-8-9-14-16-12-13(17-14)10-11-15/h13-14H,2-12H2,1H3. The molecule has 0 amide bonds. The van der Waals surface area contributed by atoms with Crippen LogP contribution in [0, 0.1) is 0 Å². The highest BCUT2D eigenvalue weighted by atomic mass is 79.9. The minimum atomic E-state index is 0.0784. The molecule has 2 atom stereocenters. The molecule has 0 aromatic rings. The molecule has 17 heavy (non-hydrogen) atoms. The Hall–Kier alpha value is 0.400. The second kappa shape index (κ2) is 10.3. The molecule has 0 spiro atoms. The number of hydrogen-bond acceptors (Lipinski definition) is 2. The lowest BCUT2D eigenvalue weighted by Gasteiger charge is -2.10. The third-order valence-corrected chi connectivity index (χ3v) is 3.74. The smallest absolute Gasteiger partial charge is 0.158 e. The zero-order chi connectivity index (χ0) is 12.3. The molecule has 0 aliphatic carbocycles. The number of hydrogen-bond donors (Lipinski definition) is 0. The van der Waals surface area contributed by atoms with Crippen LogP contribution in [0.15, 0.2) is 0 Å². The molecule has 102 valence electrons. The van der Waals surface area contributed by atoms with E-state index in [0.717, 1.165) is 24.8 Å². The van der Waals surface area contributed by atoms with Gasteiger partial charge >= 0.3 is 0 Å². The van der Waals surface area contributed by atoms with Crippen LogP contribution in [-0.4, -0.2) is 24.3 Å². The number of alkyl halides is 1. The maximum Gasteiger partial charge on any atom is 0.158 e. The summed E-state index contributed by atoms with van der Waals surface area (Å²) < 4.78 is 11.4. The highest BCUT2D eigenvalue weighted by Crippen LogP contribution is 2.20. The lowest BCUT2D eigenvalue weighted by atomic mass is 10.1. The highest BCUT2D eigenvalue weighted by molar-refractivity contribution is 9.09. The summed E-state index contributed by atoms with van der Waals surface area (Å²) >= 11 is 3.44. The molecule has 3 heteroatoms. The maximum absolute atomic E-state index is 5.79. The average Bonchev–Trinajstić information content (AvgIpc) is 2.76. The zero-order valence-electron chi connectivity index (χ0n) is 11.1. The van der Waals surface area contributed by atoms with Crippen LogP contribution in [0.3, 0.4) is 0 Å². The maximum atomic E-state index is 5.79. The molecule has 2 unspecified atom stereocenters. The van der Waals surface area contributed by atoms with Crippen LogP contribution < -0.4 is 0 Å². The van der Waals surface area contributed by atoms with Crippen LogP contribution >= 0.6 is 15.9 Å². The molecule has 0 saturated carbocycles. The van der Waals surface area contributed by atoms with Gasteiger partial charge in [-0.1, -0.05) is 61.4 Å². The molecule has 0 aromatic carbocycles. The first-order valence-corrected chi connectivity index (χ1v) is 8.32. The first-order chi connectivity index (χ1) is 8.36. The number of rotatable bonds is 10. The molecule has 1 saturated heterocycles. The van der Waals surface area contributed by atoms with Crippen molar-refractivity contribution in [3.8, 4) is 0 Å². The summed E-state index contributed by atoms with van der Waals surface area (Å²) in [6, 6.07) is 0. The van der Waals surface area contributed by atoms with Crippen LogP contribution in [0.5, 0.6) is 0 Å². The van der Waals surface area contributed by atoms with Gasteiger partial charge in [-0.15, -0.1) is 0 Å². The predicted molar refractivity (Wildman–Crippen MR) is 75.6 cm³/mol. The van der Waals surface area contributed by atoms with Crippen LogP contribution in [-0.2, 0) is 9.47 Å². The number of ether oxygens (including phenoxy) is 2. The van der Waals surface area contributed by atoms with Crippen LogP contribution in [0.4, 0.5) is 0 Å². The van der Waals surface area contributed by atoms with E-state index >= 15 is 0 Å². The van der Waals surface area contributed by atoms with Gasteiger partial charge in [-0.3, -0.25) is 0 Å². The van der Waals surface area contributed by atoms with E-state index in [1.807, 2.05) is 0 Å². The van der Waals surface area contributed by atoms with Gasteiger partial charge in [0, 0.05) is 5.33 Å². The Labute approximate surface area is 115 Å². The van der Waals surface area contributed by atoms with E-state index in [0.29, 0.717) is 6.10 Å². The van der Waals surface area contributed by atoms with E-state index < -0.39 is 0 Å². The molecular weight excluding hydrogens is 280 g/mol. The van der Waals surface area contributed by atoms with E-state index in [-0.39, 0.29) is 6.29 Å². The minimum Gasteiger partial charge on any atom is -0.350 e. The van der Waals surface area contributed by atoms with Crippen molar-refractivity contribution in [2.45, 2.75) is 77.1 Å². The Morgan fingerprint density at radius 1 is 1.00 bits per heavy atom. The summed E-state index contributed by atoms with van der Waals surface area (Å²) in [5, 5.41) is 1.01. The van der Waals surface area contributed by atoms with Crippen LogP contribution in [0.25, 0.3) is 0 Å². The van der Waals surface area contributed by atoms with Crippen LogP contribution in [0.2, 0.25) is 0 Å². The molecule has 0 aromatic heterocycles. The molecule has 1 aliphatic heterocycles. The molecule has 0 radical (unpaired) electrons. The van der Waals surface area contributed by atoms with Crippen molar-refractivity contribution in [3.63, 3.8) is 0 Å². The van der Waals surface area contributed by atoms with Gasteiger partial charge in [0.05, 0.1) is 12.7 Å². The summed E-state index contributed by atoms with van der Waals surface area (Å²) in [6.07, 6.45) is 12.0. The van der Waals surface area contributed by atoms with Crippen LogP contribution in [0.1, 0.15) is 64.7 Å². The lowest BCUT2D eigenvalue weighted by Crippen LogP contribution is -2.12. The van der Waals surface area contributed by atoms with Crippen molar-refractivity contribution >= 4 is 15.9 Å². The topological polar surface area (TPSA) is 18.5 Å². The minimum absolute atomic E-state index is 0.0784. The molecule has 1 rings (SSSR count). The molecular formula is C14H27BrO2. The lowest BCUT2D eigenvalue weighted by molar-refractivity contribution is -0.0632. The molecule has 0 bridgehead atoms. The Morgan fingerprint density at radius 2 is 1.71 bits per heavy atom. The Kier molecular flexibility index (Phi) is 9.40. The third kappa shape index (κ3) is 7.43. The fourth-order valence-electron chi connectivity index (χ4n) is 2.20. The number of halogens is 1. The molecule has 2 nitrogen and oxygen atoms in total. The van der Waals surface area contributed by atoms with Crippen molar-refractivity contribution in [3.05, 3.63) is 0 Å². The summed E-state index contributed by atoms with van der Waals surface area (Å²) in [6.45, 7) is 3.05. The van der Waals surface area contributed by atoms with E-state index in [1.54, 1.807) is 0 Å². The number of unbranched alkanes of at least 4 members (excludes halogenated alkanes) is 6. The van der Waals surface area contributed by atoms with Crippen molar-refractivity contribution in [1.29, 1.82) is 0 Å². The van der Waals surface area contributed by atoms with Gasteiger partial charge in [-0.25, -0.2) is 0 Å². The van der Waals surface area contributed by atoms with E-state index in [2.05, 4.69) is 22.9 Å². The molecule has 0 N–H and O–H groups in total. The van der Waals surface area contributed by atoms with Crippen molar-refractivity contribution in [1.82, 2.24) is 0 Å². The molecule has 1 aliphatic rings. The fraction of sp³-hybridized carbons (Fsp3) is 1.00. The predicted octanol–water partition coefficient (Wildman–Crippen LogP) is 4.65.